The molecule has 162 valence electrons. The van der Waals surface area contributed by atoms with Gasteiger partial charge in [0.2, 0.25) is 5.91 Å². The SMILES string of the molecule is O=C1[C@@H](NCCc2ccccc2Cl)CCN1c1ccc(S(=O)(=O)Nc2nccs2)cc1. The smallest absolute Gasteiger partial charge is 0.263 e. The number of aromatic nitrogens is 1. The summed E-state index contributed by atoms with van der Waals surface area (Å²) in [6.07, 6.45) is 2.96. The van der Waals surface area contributed by atoms with E-state index in [1.165, 1.54) is 29.7 Å². The second-order valence-electron chi connectivity index (χ2n) is 7.06. The predicted molar refractivity (Wildman–Crippen MR) is 123 cm³/mol. The van der Waals surface area contributed by atoms with Gasteiger partial charge in [0.15, 0.2) is 5.13 Å². The van der Waals surface area contributed by atoms with E-state index in [-0.39, 0.29) is 16.8 Å². The van der Waals surface area contributed by atoms with Crippen LogP contribution in [-0.4, -0.2) is 38.4 Å². The zero-order valence-corrected chi connectivity index (χ0v) is 18.9. The van der Waals surface area contributed by atoms with Gasteiger partial charge in [0.1, 0.15) is 0 Å². The Morgan fingerprint density at radius 3 is 2.65 bits per heavy atom. The van der Waals surface area contributed by atoms with Crippen LogP contribution >= 0.6 is 22.9 Å². The summed E-state index contributed by atoms with van der Waals surface area (Å²) in [5.74, 6) is -0.0179. The van der Waals surface area contributed by atoms with E-state index in [9.17, 15) is 13.2 Å². The lowest BCUT2D eigenvalue weighted by atomic mass is 10.1. The van der Waals surface area contributed by atoms with Gasteiger partial charge in [-0.25, -0.2) is 13.4 Å². The lowest BCUT2D eigenvalue weighted by molar-refractivity contribution is -0.118. The molecular formula is C21H21ClN4O3S2. The van der Waals surface area contributed by atoms with Gasteiger partial charge in [-0.05, 0) is 55.3 Å². The van der Waals surface area contributed by atoms with Crippen molar-refractivity contribution in [2.45, 2.75) is 23.8 Å². The van der Waals surface area contributed by atoms with Crippen molar-refractivity contribution in [3.8, 4) is 0 Å². The maximum Gasteiger partial charge on any atom is 0.263 e. The van der Waals surface area contributed by atoms with E-state index >= 15 is 0 Å². The molecule has 7 nitrogen and oxygen atoms in total. The standard InChI is InChI=1S/C21H21ClN4O3S2/c22-18-4-2-1-3-15(18)9-11-23-19-10-13-26(20(19)27)16-5-7-17(8-6-16)31(28,29)25-21-24-12-14-30-21/h1-8,12,14,19,23H,9-11,13H2,(H,24,25)/t19-/m0/s1. The maximum atomic E-state index is 12.8. The van der Waals surface area contributed by atoms with Gasteiger partial charge in [0, 0.05) is 28.8 Å². The van der Waals surface area contributed by atoms with Crippen molar-refractivity contribution in [2.24, 2.45) is 0 Å². The van der Waals surface area contributed by atoms with Crippen molar-refractivity contribution in [1.29, 1.82) is 0 Å². The number of amides is 1. The van der Waals surface area contributed by atoms with Crippen LogP contribution in [0.2, 0.25) is 5.02 Å². The molecule has 1 atom stereocenters. The number of nitrogens with zero attached hydrogens (tertiary/aromatic N) is 2. The predicted octanol–water partition coefficient (Wildman–Crippen LogP) is 3.53. The third kappa shape index (κ3) is 5.07. The minimum Gasteiger partial charge on any atom is -0.311 e. The Kier molecular flexibility index (Phi) is 6.57. The monoisotopic (exact) mass is 476 g/mol. The number of carbonyl (C=O) groups excluding carboxylic acids is 1. The minimum atomic E-state index is -3.72. The molecule has 1 aliphatic rings. The molecule has 2 aromatic carbocycles. The lowest BCUT2D eigenvalue weighted by Crippen LogP contribution is -2.39. The summed E-state index contributed by atoms with van der Waals surface area (Å²) in [5, 5.41) is 6.03. The second kappa shape index (κ2) is 9.35. The van der Waals surface area contributed by atoms with Crippen molar-refractivity contribution in [3.05, 3.63) is 70.7 Å². The van der Waals surface area contributed by atoms with Gasteiger partial charge >= 0.3 is 0 Å². The zero-order chi connectivity index (χ0) is 21.8. The highest BCUT2D eigenvalue weighted by atomic mass is 35.5. The quantitative estimate of drug-likeness (QED) is 0.519. The lowest BCUT2D eigenvalue weighted by Gasteiger charge is -2.18. The van der Waals surface area contributed by atoms with Crippen LogP contribution < -0.4 is 14.9 Å². The van der Waals surface area contributed by atoms with E-state index < -0.39 is 10.0 Å². The first kappa shape index (κ1) is 21.8. The molecule has 0 bridgehead atoms. The second-order valence-corrected chi connectivity index (χ2v) is 10.0. The molecule has 0 unspecified atom stereocenters. The number of halogens is 1. The fourth-order valence-electron chi connectivity index (χ4n) is 3.46. The number of anilines is 2. The number of rotatable bonds is 8. The van der Waals surface area contributed by atoms with Crippen LogP contribution in [0.4, 0.5) is 10.8 Å². The maximum absolute atomic E-state index is 12.8. The fourth-order valence-corrected chi connectivity index (χ4v) is 5.48. The van der Waals surface area contributed by atoms with Crippen molar-refractivity contribution in [1.82, 2.24) is 10.3 Å². The Hall–Kier alpha value is -2.46. The average Bonchev–Trinajstić information content (AvgIpc) is 3.39. The molecule has 1 amide bonds. The molecular weight excluding hydrogens is 456 g/mol. The third-order valence-corrected chi connectivity index (χ3v) is 7.60. The summed E-state index contributed by atoms with van der Waals surface area (Å²) in [5.41, 5.74) is 1.72. The van der Waals surface area contributed by atoms with Crippen LogP contribution in [-0.2, 0) is 21.2 Å². The van der Waals surface area contributed by atoms with Gasteiger partial charge in [-0.15, -0.1) is 11.3 Å². The Balaban J connectivity index is 1.35. The summed E-state index contributed by atoms with van der Waals surface area (Å²) in [4.78, 5) is 18.5. The van der Waals surface area contributed by atoms with Crippen molar-refractivity contribution >= 4 is 49.7 Å². The van der Waals surface area contributed by atoms with Crippen LogP contribution in [0.25, 0.3) is 0 Å². The molecule has 4 rings (SSSR count). The number of hydrogen-bond donors (Lipinski definition) is 2. The first-order valence-corrected chi connectivity index (χ1v) is 12.5. The largest absolute Gasteiger partial charge is 0.311 e. The molecule has 0 aliphatic carbocycles. The molecule has 1 aromatic heterocycles. The fraction of sp³-hybridized carbons (Fsp3) is 0.238. The molecule has 0 saturated carbocycles. The van der Waals surface area contributed by atoms with E-state index in [0.717, 1.165) is 17.0 Å². The Labute approximate surface area is 190 Å². The summed E-state index contributed by atoms with van der Waals surface area (Å²) >= 11 is 7.39. The number of hydrogen-bond acceptors (Lipinski definition) is 6. The van der Waals surface area contributed by atoms with Crippen LogP contribution in [0.1, 0.15) is 12.0 Å². The molecule has 2 N–H and O–H groups in total. The van der Waals surface area contributed by atoms with Crippen LogP contribution in [0.3, 0.4) is 0 Å². The molecule has 0 spiro atoms. The molecule has 3 aromatic rings. The molecule has 1 fully saturated rings. The van der Waals surface area contributed by atoms with Gasteiger partial charge in [0.05, 0.1) is 10.9 Å². The summed E-state index contributed by atoms with van der Waals surface area (Å²) in [6, 6.07) is 13.7. The average molecular weight is 477 g/mol. The first-order valence-electron chi connectivity index (χ1n) is 9.74. The van der Waals surface area contributed by atoms with Gasteiger partial charge in [-0.2, -0.15) is 0 Å². The van der Waals surface area contributed by atoms with Crippen molar-refractivity contribution in [2.75, 3.05) is 22.7 Å². The van der Waals surface area contributed by atoms with E-state index in [1.807, 2.05) is 24.3 Å². The van der Waals surface area contributed by atoms with E-state index in [2.05, 4.69) is 15.0 Å². The molecule has 1 saturated heterocycles. The Bertz CT molecular complexity index is 1150. The molecule has 10 heteroatoms. The first-order chi connectivity index (χ1) is 14.9. The highest BCUT2D eigenvalue weighted by Crippen LogP contribution is 2.25. The highest BCUT2D eigenvalue weighted by molar-refractivity contribution is 7.93. The number of carbonyl (C=O) groups is 1. The highest BCUT2D eigenvalue weighted by Gasteiger charge is 2.32. The van der Waals surface area contributed by atoms with Gasteiger partial charge in [-0.3, -0.25) is 9.52 Å². The Morgan fingerprint density at radius 2 is 1.94 bits per heavy atom. The number of thiazole rings is 1. The van der Waals surface area contributed by atoms with Gasteiger partial charge in [0.25, 0.3) is 10.0 Å². The van der Waals surface area contributed by atoms with Crippen LogP contribution in [0.15, 0.2) is 65.0 Å². The Morgan fingerprint density at radius 1 is 1.16 bits per heavy atom. The minimum absolute atomic E-state index is 0.0179. The van der Waals surface area contributed by atoms with Crippen LogP contribution in [0, 0.1) is 0 Å². The summed E-state index contributed by atoms with van der Waals surface area (Å²) < 4.78 is 27.4. The van der Waals surface area contributed by atoms with Crippen molar-refractivity contribution in [3.63, 3.8) is 0 Å². The zero-order valence-electron chi connectivity index (χ0n) is 16.5. The van der Waals surface area contributed by atoms with Crippen molar-refractivity contribution < 1.29 is 13.2 Å². The molecule has 1 aliphatic heterocycles. The molecule has 2 heterocycles. The van der Waals surface area contributed by atoms with E-state index in [0.29, 0.717) is 30.3 Å². The topological polar surface area (TPSA) is 91.4 Å². The molecule has 31 heavy (non-hydrogen) atoms. The number of benzene rings is 2. The summed E-state index contributed by atoms with van der Waals surface area (Å²) in [6.45, 7) is 1.22. The molecule has 0 radical (unpaired) electrons. The van der Waals surface area contributed by atoms with E-state index in [1.54, 1.807) is 22.4 Å². The van der Waals surface area contributed by atoms with Crippen LogP contribution in [0.5, 0.6) is 0 Å². The van der Waals surface area contributed by atoms with Gasteiger partial charge < -0.3 is 10.2 Å². The van der Waals surface area contributed by atoms with Gasteiger partial charge in [-0.1, -0.05) is 29.8 Å². The normalized spacial score (nSPS) is 16.6. The number of sulfonamides is 1. The number of nitrogens with one attached hydrogen (secondary N) is 2. The van der Waals surface area contributed by atoms with E-state index in [4.69, 9.17) is 11.6 Å². The summed E-state index contributed by atoms with van der Waals surface area (Å²) in [7, 11) is -3.72. The third-order valence-electron chi connectivity index (χ3n) is 5.06.